The van der Waals surface area contributed by atoms with Crippen LogP contribution in [0.5, 0.6) is 0 Å². The van der Waals surface area contributed by atoms with Gasteiger partial charge in [0.25, 0.3) is 0 Å². The number of aliphatic hydroxyl groups excluding tert-OH is 1. The summed E-state index contributed by atoms with van der Waals surface area (Å²) >= 11 is 0. The lowest BCUT2D eigenvalue weighted by molar-refractivity contribution is 0.276. The normalized spacial score (nSPS) is 11.2. The van der Waals surface area contributed by atoms with E-state index in [1.165, 1.54) is 5.56 Å². The number of benzene rings is 1. The van der Waals surface area contributed by atoms with Crippen LogP contribution in [0.15, 0.2) is 30.3 Å². The van der Waals surface area contributed by atoms with Crippen LogP contribution in [0.25, 0.3) is 5.69 Å². The van der Waals surface area contributed by atoms with E-state index in [-0.39, 0.29) is 6.61 Å². The standard InChI is InChI=1S/C15H20N2O/c1-4-12-5-7-14(8-6-12)17-15(11(2)3)9-13(10-18)16-17/h5-9,11,18H,4,10H2,1-3H3. The van der Waals surface area contributed by atoms with E-state index in [4.69, 9.17) is 0 Å². The predicted octanol–water partition coefficient (Wildman–Crippen LogP) is 3.05. The Balaban J connectivity index is 2.44. The maximum atomic E-state index is 9.21. The van der Waals surface area contributed by atoms with Crippen LogP contribution in [0.2, 0.25) is 0 Å². The zero-order valence-electron chi connectivity index (χ0n) is 11.2. The zero-order chi connectivity index (χ0) is 13.1. The van der Waals surface area contributed by atoms with Gasteiger partial charge in [0.1, 0.15) is 0 Å². The van der Waals surface area contributed by atoms with Gasteiger partial charge < -0.3 is 5.11 Å². The van der Waals surface area contributed by atoms with E-state index in [1.54, 1.807) is 0 Å². The molecule has 2 aromatic rings. The highest BCUT2D eigenvalue weighted by Gasteiger charge is 2.12. The van der Waals surface area contributed by atoms with Gasteiger partial charge in [-0.2, -0.15) is 5.10 Å². The van der Waals surface area contributed by atoms with Crippen molar-refractivity contribution in [3.8, 4) is 5.69 Å². The van der Waals surface area contributed by atoms with Crippen LogP contribution in [0.3, 0.4) is 0 Å². The fraction of sp³-hybridized carbons (Fsp3) is 0.400. The van der Waals surface area contributed by atoms with Gasteiger partial charge in [-0.1, -0.05) is 32.9 Å². The molecule has 0 saturated carbocycles. The maximum absolute atomic E-state index is 9.21. The number of rotatable bonds is 4. The van der Waals surface area contributed by atoms with Crippen LogP contribution in [-0.4, -0.2) is 14.9 Å². The van der Waals surface area contributed by atoms with Gasteiger partial charge in [-0.25, -0.2) is 4.68 Å². The molecule has 0 fully saturated rings. The van der Waals surface area contributed by atoms with E-state index in [0.29, 0.717) is 5.92 Å². The van der Waals surface area contributed by atoms with Crippen molar-refractivity contribution in [2.45, 2.75) is 39.7 Å². The Kier molecular flexibility index (Phi) is 3.82. The van der Waals surface area contributed by atoms with E-state index in [2.05, 4.69) is 50.1 Å². The molecule has 0 spiro atoms. The van der Waals surface area contributed by atoms with Crippen molar-refractivity contribution >= 4 is 0 Å². The topological polar surface area (TPSA) is 38.0 Å². The summed E-state index contributed by atoms with van der Waals surface area (Å²) in [5, 5.41) is 13.7. The van der Waals surface area contributed by atoms with Crippen molar-refractivity contribution in [2.24, 2.45) is 0 Å². The van der Waals surface area contributed by atoms with Gasteiger partial charge in [-0.05, 0) is 36.1 Å². The molecular formula is C15H20N2O. The second-order valence-electron chi connectivity index (χ2n) is 4.81. The number of nitrogens with zero attached hydrogens (tertiary/aromatic N) is 2. The molecule has 0 aliphatic heterocycles. The average Bonchev–Trinajstić information content (AvgIpc) is 2.83. The van der Waals surface area contributed by atoms with Crippen LogP contribution >= 0.6 is 0 Å². The number of aryl methyl sites for hydroxylation is 1. The number of hydrogen-bond donors (Lipinski definition) is 1. The summed E-state index contributed by atoms with van der Waals surface area (Å²) in [6.07, 6.45) is 1.04. The number of aliphatic hydroxyl groups is 1. The molecule has 0 amide bonds. The Hall–Kier alpha value is -1.61. The quantitative estimate of drug-likeness (QED) is 0.897. The summed E-state index contributed by atoms with van der Waals surface area (Å²) < 4.78 is 1.93. The molecule has 2 rings (SSSR count). The molecule has 1 N–H and O–H groups in total. The lowest BCUT2D eigenvalue weighted by Gasteiger charge is -2.10. The molecule has 1 heterocycles. The van der Waals surface area contributed by atoms with Gasteiger partial charge in [0.2, 0.25) is 0 Å². The third-order valence-corrected chi connectivity index (χ3v) is 3.13. The number of hydrogen-bond acceptors (Lipinski definition) is 2. The third-order valence-electron chi connectivity index (χ3n) is 3.13. The van der Waals surface area contributed by atoms with Crippen molar-refractivity contribution in [3.05, 3.63) is 47.3 Å². The summed E-state index contributed by atoms with van der Waals surface area (Å²) in [5.74, 6) is 0.378. The summed E-state index contributed by atoms with van der Waals surface area (Å²) in [6, 6.07) is 10.4. The molecule has 3 nitrogen and oxygen atoms in total. The molecule has 0 unspecified atom stereocenters. The van der Waals surface area contributed by atoms with E-state index in [1.807, 2.05) is 10.7 Å². The first-order chi connectivity index (χ1) is 8.65. The highest BCUT2D eigenvalue weighted by molar-refractivity contribution is 5.36. The molecule has 0 aliphatic carbocycles. The van der Waals surface area contributed by atoms with Crippen molar-refractivity contribution in [2.75, 3.05) is 0 Å². The van der Waals surface area contributed by atoms with Crippen LogP contribution < -0.4 is 0 Å². The van der Waals surface area contributed by atoms with Crippen LogP contribution in [-0.2, 0) is 13.0 Å². The Bertz CT molecular complexity index is 512. The highest BCUT2D eigenvalue weighted by atomic mass is 16.3. The second-order valence-corrected chi connectivity index (χ2v) is 4.81. The zero-order valence-corrected chi connectivity index (χ0v) is 11.2. The molecule has 0 saturated heterocycles. The molecule has 0 radical (unpaired) electrons. The highest BCUT2D eigenvalue weighted by Crippen LogP contribution is 2.20. The summed E-state index contributed by atoms with van der Waals surface area (Å²) in [7, 11) is 0. The third kappa shape index (κ3) is 2.46. The fourth-order valence-corrected chi connectivity index (χ4v) is 2.02. The van der Waals surface area contributed by atoms with E-state index in [0.717, 1.165) is 23.5 Å². The summed E-state index contributed by atoms with van der Waals surface area (Å²) in [4.78, 5) is 0. The first kappa shape index (κ1) is 12.8. The summed E-state index contributed by atoms with van der Waals surface area (Å²) in [6.45, 7) is 6.40. The first-order valence-electron chi connectivity index (χ1n) is 6.44. The molecule has 3 heteroatoms. The monoisotopic (exact) mass is 244 g/mol. The van der Waals surface area contributed by atoms with Crippen molar-refractivity contribution in [1.29, 1.82) is 0 Å². The Labute approximate surface area is 108 Å². The summed E-state index contributed by atoms with van der Waals surface area (Å²) in [5.41, 5.74) is 4.22. The minimum atomic E-state index is -0.0141. The van der Waals surface area contributed by atoms with E-state index >= 15 is 0 Å². The molecule has 1 aromatic heterocycles. The molecule has 0 aliphatic rings. The fourth-order valence-electron chi connectivity index (χ4n) is 2.02. The smallest absolute Gasteiger partial charge is 0.0886 e. The van der Waals surface area contributed by atoms with Crippen LogP contribution in [0.4, 0.5) is 0 Å². The second kappa shape index (κ2) is 5.36. The average molecular weight is 244 g/mol. The number of aromatic nitrogens is 2. The molecular weight excluding hydrogens is 224 g/mol. The van der Waals surface area contributed by atoms with Gasteiger partial charge >= 0.3 is 0 Å². The largest absolute Gasteiger partial charge is 0.390 e. The molecule has 96 valence electrons. The van der Waals surface area contributed by atoms with E-state index in [9.17, 15) is 5.11 Å². The van der Waals surface area contributed by atoms with Crippen LogP contribution in [0, 0.1) is 0 Å². The van der Waals surface area contributed by atoms with Crippen molar-refractivity contribution in [1.82, 2.24) is 9.78 Å². The maximum Gasteiger partial charge on any atom is 0.0886 e. The van der Waals surface area contributed by atoms with Gasteiger partial charge in [-0.15, -0.1) is 0 Å². The van der Waals surface area contributed by atoms with Crippen LogP contribution in [0.1, 0.15) is 43.6 Å². The van der Waals surface area contributed by atoms with Crippen molar-refractivity contribution in [3.63, 3.8) is 0 Å². The lowest BCUT2D eigenvalue weighted by Crippen LogP contribution is -2.03. The van der Waals surface area contributed by atoms with Gasteiger partial charge in [-0.3, -0.25) is 0 Å². The van der Waals surface area contributed by atoms with Gasteiger partial charge in [0.15, 0.2) is 0 Å². The Morgan fingerprint density at radius 1 is 1.22 bits per heavy atom. The lowest BCUT2D eigenvalue weighted by atomic mass is 10.1. The first-order valence-corrected chi connectivity index (χ1v) is 6.44. The Morgan fingerprint density at radius 3 is 2.39 bits per heavy atom. The van der Waals surface area contributed by atoms with E-state index < -0.39 is 0 Å². The van der Waals surface area contributed by atoms with Gasteiger partial charge in [0, 0.05) is 5.69 Å². The minimum absolute atomic E-state index is 0.0141. The molecule has 18 heavy (non-hydrogen) atoms. The molecule has 0 bridgehead atoms. The minimum Gasteiger partial charge on any atom is -0.390 e. The molecule has 0 atom stereocenters. The molecule has 1 aromatic carbocycles. The Morgan fingerprint density at radius 2 is 1.89 bits per heavy atom. The van der Waals surface area contributed by atoms with Gasteiger partial charge in [0.05, 0.1) is 18.0 Å². The SMILES string of the molecule is CCc1ccc(-n2nc(CO)cc2C(C)C)cc1. The predicted molar refractivity (Wildman–Crippen MR) is 73.0 cm³/mol. The van der Waals surface area contributed by atoms with Crippen molar-refractivity contribution < 1.29 is 5.11 Å².